The summed E-state index contributed by atoms with van der Waals surface area (Å²) in [6.45, 7) is 13.6. The maximum atomic E-state index is 12.2. The minimum atomic E-state index is -0.416. The van der Waals surface area contributed by atoms with Gasteiger partial charge in [-0.1, -0.05) is 20.8 Å². The number of carbonyl (C=O) groups excluding carboxylic acids is 2. The second kappa shape index (κ2) is 9.41. The van der Waals surface area contributed by atoms with Gasteiger partial charge in [-0.2, -0.15) is 0 Å². The molecule has 0 aromatic heterocycles. The van der Waals surface area contributed by atoms with E-state index >= 15 is 0 Å². The van der Waals surface area contributed by atoms with Gasteiger partial charge in [0.05, 0.1) is 12.7 Å². The van der Waals surface area contributed by atoms with Gasteiger partial charge in [-0.05, 0) is 118 Å². The Morgan fingerprint density at radius 1 is 1.15 bits per heavy atom. The van der Waals surface area contributed by atoms with Crippen molar-refractivity contribution < 1.29 is 24.2 Å². The predicted molar refractivity (Wildman–Crippen MR) is 132 cm³/mol. The van der Waals surface area contributed by atoms with Gasteiger partial charge in [0.15, 0.2) is 0 Å². The summed E-state index contributed by atoms with van der Waals surface area (Å²) in [5, 5.41) is 11.4. The summed E-state index contributed by atoms with van der Waals surface area (Å²) in [5.74, 6) is 2.66. The van der Waals surface area contributed by atoms with Crippen LogP contribution in [0.25, 0.3) is 0 Å². The highest BCUT2D eigenvalue weighted by Crippen LogP contribution is 2.67. The van der Waals surface area contributed by atoms with Crippen molar-refractivity contribution >= 4 is 11.9 Å². The van der Waals surface area contributed by atoms with E-state index in [2.05, 4.69) is 20.8 Å². The molecule has 0 spiro atoms. The third-order valence-corrected chi connectivity index (χ3v) is 10.6. The Hall–Kier alpha value is -1.10. The molecule has 5 heteroatoms. The smallest absolute Gasteiger partial charge is 0.306 e. The van der Waals surface area contributed by atoms with Crippen LogP contribution < -0.4 is 0 Å². The zero-order chi connectivity index (χ0) is 24.9. The topological polar surface area (TPSA) is 72.8 Å². The van der Waals surface area contributed by atoms with Crippen molar-refractivity contribution in [3.63, 3.8) is 0 Å². The normalized spacial score (nSPS) is 43.1. The first kappa shape index (κ1) is 26.0. The molecule has 1 aliphatic heterocycles. The molecule has 194 valence electrons. The minimum absolute atomic E-state index is 0.0823. The van der Waals surface area contributed by atoms with Crippen LogP contribution in [0.5, 0.6) is 0 Å². The second-order valence-electron chi connectivity index (χ2n) is 13.7. The van der Waals surface area contributed by atoms with E-state index in [0.29, 0.717) is 49.0 Å². The van der Waals surface area contributed by atoms with Gasteiger partial charge in [0.1, 0.15) is 5.60 Å². The Kier molecular flexibility index (Phi) is 7.19. The summed E-state index contributed by atoms with van der Waals surface area (Å²) in [7, 11) is 0. The largest absolute Gasteiger partial charge is 0.466 e. The van der Waals surface area contributed by atoms with Crippen molar-refractivity contribution in [1.29, 1.82) is 0 Å². The van der Waals surface area contributed by atoms with E-state index in [0.717, 1.165) is 32.1 Å². The van der Waals surface area contributed by atoms with Crippen molar-refractivity contribution in [2.75, 3.05) is 6.61 Å². The molecule has 4 aliphatic rings. The lowest BCUT2D eigenvalue weighted by atomic mass is 9.45. The van der Waals surface area contributed by atoms with Crippen LogP contribution in [-0.2, 0) is 19.1 Å². The number of rotatable bonds is 5. The molecule has 0 bridgehead atoms. The van der Waals surface area contributed by atoms with E-state index < -0.39 is 5.60 Å². The number of esters is 2. The zero-order valence-electron chi connectivity index (χ0n) is 22.4. The van der Waals surface area contributed by atoms with Crippen LogP contribution >= 0.6 is 0 Å². The van der Waals surface area contributed by atoms with Gasteiger partial charge in [-0.25, -0.2) is 0 Å². The monoisotopic (exact) mass is 476 g/mol. The van der Waals surface area contributed by atoms with Crippen LogP contribution in [0.1, 0.15) is 106 Å². The van der Waals surface area contributed by atoms with E-state index in [1.807, 2.05) is 20.8 Å². The standard InChI is InChI=1S/C29H48O5/c1-18(8-7-9-24(31)34-27(2,3)4)20-10-11-21-26-22(12-13-29(20,21)6)28(5)14-15-33-25(32)17-19(28)16-23(26)30/h18-23,26,30H,7-17H2,1-6H3/t18-,19-,20-,21+,22+,23+,26+,28+,29-/m1/s1. The Morgan fingerprint density at radius 2 is 1.85 bits per heavy atom. The molecule has 9 atom stereocenters. The maximum absolute atomic E-state index is 12.2. The number of fused-ring (bicyclic) bond motifs is 5. The van der Waals surface area contributed by atoms with Gasteiger partial charge < -0.3 is 14.6 Å². The molecule has 3 saturated carbocycles. The highest BCUT2D eigenvalue weighted by Gasteiger charge is 2.62. The van der Waals surface area contributed by atoms with Gasteiger partial charge in [0, 0.05) is 12.8 Å². The lowest BCUT2D eigenvalue weighted by Crippen LogP contribution is -2.57. The highest BCUT2D eigenvalue weighted by atomic mass is 16.6. The Morgan fingerprint density at radius 3 is 2.56 bits per heavy atom. The molecule has 34 heavy (non-hydrogen) atoms. The highest BCUT2D eigenvalue weighted by molar-refractivity contribution is 5.70. The SMILES string of the molecule is C[C@H](CCCC(=O)OC(C)(C)C)[C@H]1CC[C@H]2[C@@H]3[C@@H](O)C[C@@H]4CC(=O)OCC[C@]4(C)[C@H]3CC[C@]12C. The molecule has 0 aromatic rings. The lowest BCUT2D eigenvalue weighted by molar-refractivity contribution is -0.158. The van der Waals surface area contributed by atoms with E-state index in [4.69, 9.17) is 9.47 Å². The molecular formula is C29H48O5. The summed E-state index contributed by atoms with van der Waals surface area (Å²) in [6, 6.07) is 0. The second-order valence-corrected chi connectivity index (χ2v) is 13.7. The summed E-state index contributed by atoms with van der Waals surface area (Å²) in [4.78, 5) is 24.3. The van der Waals surface area contributed by atoms with Crippen molar-refractivity contribution in [2.24, 2.45) is 46.3 Å². The lowest BCUT2D eigenvalue weighted by Gasteiger charge is -2.60. The molecule has 1 N–H and O–H groups in total. The van der Waals surface area contributed by atoms with Crippen LogP contribution in [0.15, 0.2) is 0 Å². The molecule has 1 saturated heterocycles. The maximum Gasteiger partial charge on any atom is 0.306 e. The van der Waals surface area contributed by atoms with Crippen LogP contribution in [0, 0.1) is 46.3 Å². The fourth-order valence-corrected chi connectivity index (χ4v) is 9.01. The number of ether oxygens (including phenoxy) is 2. The van der Waals surface area contributed by atoms with Gasteiger partial charge in [-0.15, -0.1) is 0 Å². The third-order valence-electron chi connectivity index (χ3n) is 10.6. The van der Waals surface area contributed by atoms with Gasteiger partial charge >= 0.3 is 11.9 Å². The number of aliphatic hydroxyl groups excluding tert-OH is 1. The van der Waals surface area contributed by atoms with Gasteiger partial charge in [0.2, 0.25) is 0 Å². The van der Waals surface area contributed by atoms with Crippen LogP contribution in [0.4, 0.5) is 0 Å². The summed E-state index contributed by atoms with van der Waals surface area (Å²) >= 11 is 0. The average molecular weight is 477 g/mol. The van der Waals surface area contributed by atoms with Crippen molar-refractivity contribution in [3.8, 4) is 0 Å². The van der Waals surface area contributed by atoms with Crippen LogP contribution in [0.2, 0.25) is 0 Å². The molecule has 0 amide bonds. The molecule has 4 rings (SSSR count). The first-order chi connectivity index (χ1) is 15.8. The van der Waals surface area contributed by atoms with Crippen LogP contribution in [0.3, 0.4) is 0 Å². The fourth-order valence-electron chi connectivity index (χ4n) is 9.01. The molecule has 0 aromatic carbocycles. The number of hydrogen-bond donors (Lipinski definition) is 1. The Bertz CT molecular complexity index is 771. The zero-order valence-corrected chi connectivity index (χ0v) is 22.4. The summed E-state index contributed by atoms with van der Waals surface area (Å²) in [5.41, 5.74) is -0.0665. The number of cyclic esters (lactones) is 1. The Balaban J connectivity index is 1.43. The van der Waals surface area contributed by atoms with Gasteiger partial charge in [-0.3, -0.25) is 9.59 Å². The Labute approximate surface area is 206 Å². The molecule has 4 fully saturated rings. The fraction of sp³-hybridized carbons (Fsp3) is 0.931. The minimum Gasteiger partial charge on any atom is -0.466 e. The molecular weight excluding hydrogens is 428 g/mol. The molecule has 5 nitrogen and oxygen atoms in total. The first-order valence-corrected chi connectivity index (χ1v) is 13.9. The molecule has 1 heterocycles. The van der Waals surface area contributed by atoms with Crippen molar-refractivity contribution in [3.05, 3.63) is 0 Å². The number of aliphatic hydroxyl groups is 1. The van der Waals surface area contributed by atoms with Crippen molar-refractivity contribution in [2.45, 2.75) is 117 Å². The quantitative estimate of drug-likeness (QED) is 0.499. The predicted octanol–water partition coefficient (Wildman–Crippen LogP) is 5.92. The van der Waals surface area contributed by atoms with E-state index in [1.54, 1.807) is 0 Å². The van der Waals surface area contributed by atoms with E-state index in [9.17, 15) is 14.7 Å². The van der Waals surface area contributed by atoms with Crippen LogP contribution in [-0.4, -0.2) is 35.4 Å². The number of hydrogen-bond acceptors (Lipinski definition) is 5. The molecule has 3 aliphatic carbocycles. The van der Waals surface area contributed by atoms with Gasteiger partial charge in [0.25, 0.3) is 0 Å². The van der Waals surface area contributed by atoms with Crippen molar-refractivity contribution in [1.82, 2.24) is 0 Å². The van der Waals surface area contributed by atoms with E-state index in [1.165, 1.54) is 19.3 Å². The average Bonchev–Trinajstić information content (AvgIpc) is 2.99. The molecule has 0 unspecified atom stereocenters. The summed E-state index contributed by atoms with van der Waals surface area (Å²) < 4.78 is 11.0. The third kappa shape index (κ3) is 4.80. The number of carbonyl (C=O) groups is 2. The first-order valence-electron chi connectivity index (χ1n) is 13.9. The van der Waals surface area contributed by atoms with E-state index in [-0.39, 0.29) is 34.8 Å². The summed E-state index contributed by atoms with van der Waals surface area (Å²) in [6.07, 6.45) is 9.08. The molecule has 0 radical (unpaired) electrons.